The maximum atomic E-state index is 12.9. The fourth-order valence-electron chi connectivity index (χ4n) is 14.8. The zero-order chi connectivity index (χ0) is 52.8. The number of carbonyl (C=O) groups excluding carboxylic acids is 5. The van der Waals surface area contributed by atoms with Crippen molar-refractivity contribution in [3.63, 3.8) is 0 Å². The largest absolute Gasteiger partial charge is 0.462 e. The maximum absolute atomic E-state index is 12.9. The number of carbonyl (C=O) groups is 5. The van der Waals surface area contributed by atoms with Crippen LogP contribution in [0.2, 0.25) is 0 Å². The Balaban J connectivity index is -0.000000961. The van der Waals surface area contributed by atoms with Crippen molar-refractivity contribution in [2.45, 2.75) is 327 Å². The molecule has 1 heterocycles. The molecule has 10 atom stereocenters. The lowest BCUT2D eigenvalue weighted by Crippen LogP contribution is -2.61. The van der Waals surface area contributed by atoms with E-state index in [1.165, 1.54) is 44.9 Å². The van der Waals surface area contributed by atoms with Gasteiger partial charge in [-0.15, -0.1) is 0 Å². The molecule has 1 aliphatic heterocycles. The normalized spacial score (nSPS) is 32.2. The van der Waals surface area contributed by atoms with Gasteiger partial charge in [-0.25, -0.2) is 0 Å². The van der Waals surface area contributed by atoms with E-state index in [0.717, 1.165) is 100 Å². The van der Waals surface area contributed by atoms with Gasteiger partial charge in [0.05, 0.1) is 33.7 Å². The highest BCUT2D eigenvalue weighted by molar-refractivity contribution is 5.78. The molecular formula is C68H132O11. The zero-order valence-corrected chi connectivity index (χ0v) is 47.4. The molecule has 11 nitrogen and oxygen atoms in total. The van der Waals surface area contributed by atoms with Crippen LogP contribution in [0, 0.1) is 74.9 Å². The fraction of sp³-hybridized carbons (Fsp3) is 0.926. The van der Waals surface area contributed by atoms with E-state index in [1.807, 2.05) is 76.2 Å². The number of hydrogen-bond acceptors (Lipinski definition) is 11. The summed E-state index contributed by atoms with van der Waals surface area (Å²) in [5.41, 5.74) is -2.79. The van der Waals surface area contributed by atoms with Gasteiger partial charge >= 0.3 is 29.8 Å². The number of esters is 5. The second kappa shape index (κ2) is 30.2. The average molecular weight is 1130 g/mol. The SMILES string of the molecule is C.C.C.C.C.C.C.C.CCC(C)(C)C(=O)OC1(C(C)C)CC2CC1C1C3CCC(C3)C21.CCC(C)(C)C(=O)OC12CC3CC(CC(O)(C3)C1)C2.CCC(C)(C)C(=O)O[C@@H]1COC(=O)C1.CCC1(OC(=O)C(C)(C)CC)CCCC1. The molecule has 9 aliphatic carbocycles. The van der Waals surface area contributed by atoms with E-state index < -0.39 is 16.4 Å². The third-order valence-corrected chi connectivity index (χ3v) is 20.7. The Morgan fingerprint density at radius 1 is 0.582 bits per heavy atom. The van der Waals surface area contributed by atoms with Crippen LogP contribution in [0.1, 0.15) is 298 Å². The van der Waals surface area contributed by atoms with Gasteiger partial charge in [0, 0.05) is 12.3 Å². The molecular weight excluding hydrogens is 993 g/mol. The van der Waals surface area contributed by atoms with E-state index >= 15 is 0 Å². The molecule has 1 N–H and O–H groups in total. The van der Waals surface area contributed by atoms with E-state index in [0.29, 0.717) is 36.5 Å². The Hall–Kier alpha value is -2.69. The van der Waals surface area contributed by atoms with Crippen LogP contribution in [0.25, 0.3) is 0 Å². The van der Waals surface area contributed by atoms with Gasteiger partial charge in [0.2, 0.25) is 0 Å². The molecule has 11 heteroatoms. The van der Waals surface area contributed by atoms with Crippen molar-refractivity contribution >= 4 is 29.8 Å². The summed E-state index contributed by atoms with van der Waals surface area (Å²) in [6, 6.07) is 0. The standard InChI is InChI=1S/C21H34O2.C16H26O3.C13H24O2.C10H16O4.8CH4/c1-6-20(4,5)19(22)23-21(12(2)3)11-15-10-16(21)18-14-8-7-13(9-14)17(15)18;1-4-14(2,3)13(17)19-16-8-11-5-12(9-16)7-15(18,6-11)10-16;1-5-12(3,4)11(14)15-13(6-2)9-7-8-10-13;1-4-10(2,3)9(12)14-7-5-8(11)13-6-7;;;;;;;;/h12-18H,6-11H2,1-5H3;11-12,18H,4-10H2,1-3H3;5-10H2,1-4H3;7H,4-6H2,1-3H3;8*1H4/t;;;7-;;;;;;;;/m...0......../s1. The van der Waals surface area contributed by atoms with Crippen LogP contribution >= 0.6 is 0 Å². The number of ether oxygens (including phenoxy) is 5. The van der Waals surface area contributed by atoms with Gasteiger partial charge in [-0.05, 0) is 225 Å². The summed E-state index contributed by atoms with van der Waals surface area (Å²) >= 11 is 0. The Kier molecular flexibility index (Phi) is 30.8. The van der Waals surface area contributed by atoms with E-state index in [2.05, 4.69) is 27.7 Å². The first-order valence-electron chi connectivity index (χ1n) is 28.8. The van der Waals surface area contributed by atoms with E-state index in [4.69, 9.17) is 23.7 Å². The molecule has 1 saturated heterocycles. The van der Waals surface area contributed by atoms with E-state index in [9.17, 15) is 29.1 Å². The zero-order valence-electron chi connectivity index (χ0n) is 47.4. The van der Waals surface area contributed by atoms with Crippen LogP contribution in [0.3, 0.4) is 0 Å². The average Bonchev–Trinajstić information content (AvgIpc) is 4.18. The minimum atomic E-state index is -0.555. The lowest BCUT2D eigenvalue weighted by molar-refractivity contribution is -0.225. The predicted octanol–water partition coefficient (Wildman–Crippen LogP) is 18.2. The van der Waals surface area contributed by atoms with Gasteiger partial charge in [-0.1, -0.05) is 108 Å². The van der Waals surface area contributed by atoms with Gasteiger partial charge in [-0.2, -0.15) is 0 Å². The summed E-state index contributed by atoms with van der Waals surface area (Å²) in [5.74, 6) is 6.21. The van der Waals surface area contributed by atoms with Gasteiger partial charge in [0.25, 0.3) is 0 Å². The number of rotatable bonds is 14. The second-order valence-corrected chi connectivity index (χ2v) is 27.5. The van der Waals surface area contributed by atoms with Crippen molar-refractivity contribution in [2.75, 3.05) is 6.61 Å². The summed E-state index contributed by atoms with van der Waals surface area (Å²) < 4.78 is 28.0. The topological polar surface area (TPSA) is 152 Å². The third kappa shape index (κ3) is 17.2. The van der Waals surface area contributed by atoms with Crippen LogP contribution in [-0.2, 0) is 47.7 Å². The van der Waals surface area contributed by atoms with Crippen LogP contribution in [0.5, 0.6) is 0 Å². The molecule has 79 heavy (non-hydrogen) atoms. The smallest absolute Gasteiger partial charge is 0.312 e. The molecule has 9 saturated carbocycles. The Bertz CT molecular complexity index is 1890. The quantitative estimate of drug-likeness (QED) is 0.101. The first kappa shape index (κ1) is 80.5. The monoisotopic (exact) mass is 1120 g/mol. The summed E-state index contributed by atoms with van der Waals surface area (Å²) in [7, 11) is 0. The highest BCUT2D eigenvalue weighted by atomic mass is 16.6. The molecule has 0 radical (unpaired) electrons. The lowest BCUT2D eigenvalue weighted by atomic mass is 9.52. The van der Waals surface area contributed by atoms with E-state index in [-0.39, 0.29) is 136 Å². The fourth-order valence-corrected chi connectivity index (χ4v) is 14.8. The number of fused-ring (bicyclic) bond motifs is 9. The lowest BCUT2D eigenvalue weighted by Gasteiger charge is -2.59. The van der Waals surface area contributed by atoms with Gasteiger partial charge < -0.3 is 28.8 Å². The van der Waals surface area contributed by atoms with Crippen LogP contribution in [0.4, 0.5) is 0 Å². The molecule has 9 unspecified atom stereocenters. The van der Waals surface area contributed by atoms with E-state index in [1.54, 1.807) is 0 Å². The van der Waals surface area contributed by atoms with Crippen molar-refractivity contribution in [3.8, 4) is 0 Å². The minimum absolute atomic E-state index is 0. The summed E-state index contributed by atoms with van der Waals surface area (Å²) in [6.07, 6.45) is 21.0. The first-order valence-corrected chi connectivity index (χ1v) is 28.8. The number of cyclic esters (lactones) is 1. The van der Waals surface area contributed by atoms with Crippen molar-refractivity contribution in [3.05, 3.63) is 0 Å². The molecule has 0 aromatic rings. The minimum Gasteiger partial charge on any atom is -0.462 e. The summed E-state index contributed by atoms with van der Waals surface area (Å²) in [6.45, 7) is 30.5. The third-order valence-electron chi connectivity index (χ3n) is 20.7. The molecule has 0 aromatic heterocycles. The predicted molar refractivity (Wildman–Crippen MR) is 329 cm³/mol. The van der Waals surface area contributed by atoms with Gasteiger partial charge in [-0.3, -0.25) is 24.0 Å². The second-order valence-electron chi connectivity index (χ2n) is 27.5. The molecule has 0 spiro atoms. The first-order chi connectivity index (χ1) is 33.0. The van der Waals surface area contributed by atoms with Crippen LogP contribution < -0.4 is 0 Å². The highest BCUT2D eigenvalue weighted by Gasteiger charge is 2.69. The molecule has 10 aliphatic rings. The van der Waals surface area contributed by atoms with Crippen molar-refractivity contribution in [1.29, 1.82) is 0 Å². The van der Waals surface area contributed by atoms with Crippen molar-refractivity contribution in [1.82, 2.24) is 0 Å². The molecule has 0 aromatic carbocycles. The van der Waals surface area contributed by atoms with Crippen LogP contribution in [-0.4, -0.2) is 70.1 Å². The van der Waals surface area contributed by atoms with Gasteiger partial charge in [0.1, 0.15) is 29.5 Å². The Morgan fingerprint density at radius 2 is 1.03 bits per heavy atom. The Morgan fingerprint density at radius 3 is 1.44 bits per heavy atom. The Labute approximate surface area is 488 Å². The van der Waals surface area contributed by atoms with Crippen molar-refractivity contribution < 1.29 is 52.8 Å². The maximum Gasteiger partial charge on any atom is 0.312 e. The van der Waals surface area contributed by atoms with Crippen molar-refractivity contribution in [2.24, 2.45) is 74.9 Å². The molecule has 8 bridgehead atoms. The molecule has 10 fully saturated rings. The molecule has 0 amide bonds. The number of hydrogen-bond donors (Lipinski definition) is 1. The summed E-state index contributed by atoms with van der Waals surface area (Å²) in [5, 5.41) is 10.6. The van der Waals surface area contributed by atoms with Crippen LogP contribution in [0.15, 0.2) is 0 Å². The highest BCUT2D eigenvalue weighted by Crippen LogP contribution is 2.71. The summed E-state index contributed by atoms with van der Waals surface area (Å²) in [4.78, 5) is 59.6. The van der Waals surface area contributed by atoms with Gasteiger partial charge in [0.15, 0.2) is 0 Å². The number of aliphatic hydroxyl groups is 1. The molecule has 470 valence electrons. The molecule has 10 rings (SSSR count).